The van der Waals surface area contributed by atoms with E-state index in [0.29, 0.717) is 30.9 Å². The van der Waals surface area contributed by atoms with Crippen molar-refractivity contribution < 1.29 is 19.0 Å². The van der Waals surface area contributed by atoms with Crippen molar-refractivity contribution in [3.63, 3.8) is 0 Å². The van der Waals surface area contributed by atoms with E-state index in [4.69, 9.17) is 14.2 Å². The Labute approximate surface area is 167 Å². The lowest BCUT2D eigenvalue weighted by molar-refractivity contribution is -0.155. The summed E-state index contributed by atoms with van der Waals surface area (Å²) in [4.78, 5) is 12.4. The molecule has 3 rings (SSSR count). The molecular weight excluding hydrogens is 352 g/mol. The van der Waals surface area contributed by atoms with Gasteiger partial charge in [0.05, 0.1) is 19.8 Å². The van der Waals surface area contributed by atoms with Crippen molar-refractivity contribution >= 4 is 5.78 Å². The molecule has 1 fully saturated rings. The Morgan fingerprint density at radius 2 is 1.82 bits per heavy atom. The van der Waals surface area contributed by atoms with Gasteiger partial charge in [-0.25, -0.2) is 0 Å². The summed E-state index contributed by atoms with van der Waals surface area (Å²) in [5.41, 5.74) is 3.57. The molecule has 2 aromatic carbocycles. The highest BCUT2D eigenvalue weighted by molar-refractivity contribution is 6.08. The Morgan fingerprint density at radius 1 is 1.07 bits per heavy atom. The number of carbonyl (C=O) groups is 1. The zero-order valence-corrected chi connectivity index (χ0v) is 16.4. The van der Waals surface area contributed by atoms with Gasteiger partial charge in [-0.1, -0.05) is 60.7 Å². The van der Waals surface area contributed by atoms with Crippen molar-refractivity contribution in [2.24, 2.45) is 0 Å². The standard InChI is InChI=1S/C24H28O4/c1-19(14-16-28-23-9-5-6-15-27-23)17-26-18-20-10-12-22(13-11-20)24(25)21-7-3-2-4-8-21/h2-4,7-8,10-14,23H,5-6,9,15-18H2,1H3. The molecule has 1 heterocycles. The SMILES string of the molecule is CC(=CCOC1CCCCO1)COCc1ccc(C(=O)c2ccccc2)cc1. The fourth-order valence-electron chi connectivity index (χ4n) is 3.04. The molecule has 0 bridgehead atoms. The van der Waals surface area contributed by atoms with Crippen molar-refractivity contribution in [2.45, 2.75) is 39.1 Å². The van der Waals surface area contributed by atoms with Crippen LogP contribution in [0.15, 0.2) is 66.2 Å². The maximum Gasteiger partial charge on any atom is 0.193 e. The van der Waals surface area contributed by atoms with Gasteiger partial charge in [-0.05, 0) is 37.3 Å². The van der Waals surface area contributed by atoms with Crippen LogP contribution in [-0.2, 0) is 20.8 Å². The molecule has 1 aliphatic rings. The van der Waals surface area contributed by atoms with E-state index in [1.165, 1.54) is 6.42 Å². The summed E-state index contributed by atoms with van der Waals surface area (Å²) in [6.07, 6.45) is 5.26. The number of benzene rings is 2. The van der Waals surface area contributed by atoms with Crippen LogP contribution in [-0.4, -0.2) is 31.9 Å². The third kappa shape index (κ3) is 6.41. The van der Waals surface area contributed by atoms with Crippen LogP contribution >= 0.6 is 0 Å². The van der Waals surface area contributed by atoms with E-state index in [-0.39, 0.29) is 12.1 Å². The molecule has 0 radical (unpaired) electrons. The summed E-state index contributed by atoms with van der Waals surface area (Å²) in [6.45, 7) is 4.45. The van der Waals surface area contributed by atoms with Crippen LogP contribution < -0.4 is 0 Å². The topological polar surface area (TPSA) is 44.8 Å². The summed E-state index contributed by atoms with van der Waals surface area (Å²) in [7, 11) is 0. The number of hydrogen-bond donors (Lipinski definition) is 0. The summed E-state index contributed by atoms with van der Waals surface area (Å²) in [5, 5.41) is 0. The van der Waals surface area contributed by atoms with E-state index in [2.05, 4.69) is 0 Å². The lowest BCUT2D eigenvalue weighted by Crippen LogP contribution is -2.22. The first-order valence-corrected chi connectivity index (χ1v) is 9.87. The van der Waals surface area contributed by atoms with Crippen LogP contribution in [0.2, 0.25) is 0 Å². The number of ether oxygens (including phenoxy) is 3. The normalized spacial score (nSPS) is 17.5. The molecule has 0 aliphatic carbocycles. The summed E-state index contributed by atoms with van der Waals surface area (Å²) < 4.78 is 17.0. The molecule has 2 aromatic rings. The van der Waals surface area contributed by atoms with Gasteiger partial charge in [0.25, 0.3) is 0 Å². The molecular formula is C24H28O4. The van der Waals surface area contributed by atoms with Gasteiger partial charge in [0.15, 0.2) is 12.1 Å². The van der Waals surface area contributed by atoms with E-state index in [1.54, 1.807) is 0 Å². The molecule has 1 unspecified atom stereocenters. The van der Waals surface area contributed by atoms with Crippen molar-refractivity contribution in [2.75, 3.05) is 19.8 Å². The Bertz CT molecular complexity index is 759. The molecule has 0 aromatic heterocycles. The van der Waals surface area contributed by atoms with Crippen molar-refractivity contribution in [1.82, 2.24) is 0 Å². The summed E-state index contributed by atoms with van der Waals surface area (Å²) >= 11 is 0. The van der Waals surface area contributed by atoms with Crippen LogP contribution in [0, 0.1) is 0 Å². The van der Waals surface area contributed by atoms with Crippen LogP contribution in [0.1, 0.15) is 47.7 Å². The zero-order chi connectivity index (χ0) is 19.6. The molecule has 28 heavy (non-hydrogen) atoms. The van der Waals surface area contributed by atoms with Crippen LogP contribution in [0.3, 0.4) is 0 Å². The van der Waals surface area contributed by atoms with E-state index >= 15 is 0 Å². The molecule has 4 nitrogen and oxygen atoms in total. The minimum atomic E-state index is -0.0594. The second kappa shape index (κ2) is 10.9. The molecule has 148 valence electrons. The number of carbonyl (C=O) groups excluding carboxylic acids is 1. The van der Waals surface area contributed by atoms with Crippen LogP contribution in [0.4, 0.5) is 0 Å². The first-order valence-electron chi connectivity index (χ1n) is 9.87. The first kappa shape index (κ1) is 20.5. The molecule has 1 atom stereocenters. The highest BCUT2D eigenvalue weighted by Crippen LogP contribution is 2.14. The zero-order valence-electron chi connectivity index (χ0n) is 16.4. The number of hydrogen-bond acceptors (Lipinski definition) is 4. The lowest BCUT2D eigenvalue weighted by Gasteiger charge is -2.22. The van der Waals surface area contributed by atoms with Crippen molar-refractivity contribution in [3.8, 4) is 0 Å². The van der Waals surface area contributed by atoms with Gasteiger partial charge in [0.2, 0.25) is 0 Å². The highest BCUT2D eigenvalue weighted by atomic mass is 16.7. The Kier molecular flexibility index (Phi) is 7.97. The van der Waals surface area contributed by atoms with Gasteiger partial charge in [0.1, 0.15) is 0 Å². The van der Waals surface area contributed by atoms with Crippen molar-refractivity contribution in [1.29, 1.82) is 0 Å². The maximum absolute atomic E-state index is 12.4. The fraction of sp³-hybridized carbons (Fsp3) is 0.375. The molecule has 0 saturated carbocycles. The first-order chi connectivity index (χ1) is 13.7. The minimum Gasteiger partial charge on any atom is -0.372 e. The molecule has 1 aliphatic heterocycles. The van der Waals surface area contributed by atoms with Crippen LogP contribution in [0.5, 0.6) is 0 Å². The highest BCUT2D eigenvalue weighted by Gasteiger charge is 2.13. The quantitative estimate of drug-likeness (QED) is 0.457. The third-order valence-corrected chi connectivity index (χ3v) is 4.70. The third-order valence-electron chi connectivity index (χ3n) is 4.70. The molecule has 0 amide bonds. The Morgan fingerprint density at radius 3 is 2.54 bits per heavy atom. The van der Waals surface area contributed by atoms with E-state index in [1.807, 2.05) is 67.6 Å². The second-order valence-electron chi connectivity index (χ2n) is 7.06. The number of rotatable bonds is 9. The van der Waals surface area contributed by atoms with Gasteiger partial charge in [-0.3, -0.25) is 4.79 Å². The predicted octanol–water partition coefficient (Wildman–Crippen LogP) is 4.92. The van der Waals surface area contributed by atoms with Gasteiger partial charge in [-0.15, -0.1) is 0 Å². The Balaban J connectivity index is 1.39. The maximum atomic E-state index is 12.4. The second-order valence-corrected chi connectivity index (χ2v) is 7.06. The largest absolute Gasteiger partial charge is 0.372 e. The molecule has 4 heteroatoms. The van der Waals surface area contributed by atoms with Gasteiger partial charge in [-0.2, -0.15) is 0 Å². The van der Waals surface area contributed by atoms with E-state index in [0.717, 1.165) is 30.6 Å². The van der Waals surface area contributed by atoms with Crippen LogP contribution in [0.25, 0.3) is 0 Å². The monoisotopic (exact) mass is 380 g/mol. The van der Waals surface area contributed by atoms with E-state index in [9.17, 15) is 4.79 Å². The average Bonchev–Trinajstić information content (AvgIpc) is 2.75. The lowest BCUT2D eigenvalue weighted by atomic mass is 10.0. The predicted molar refractivity (Wildman–Crippen MR) is 109 cm³/mol. The number of ketones is 1. The molecule has 0 spiro atoms. The molecule has 0 N–H and O–H groups in total. The Hall–Kier alpha value is -2.27. The fourth-order valence-corrected chi connectivity index (χ4v) is 3.04. The van der Waals surface area contributed by atoms with Gasteiger partial charge in [0, 0.05) is 17.7 Å². The molecule has 1 saturated heterocycles. The van der Waals surface area contributed by atoms with E-state index < -0.39 is 0 Å². The van der Waals surface area contributed by atoms with Gasteiger partial charge >= 0.3 is 0 Å². The average molecular weight is 380 g/mol. The minimum absolute atomic E-state index is 0.0359. The summed E-state index contributed by atoms with van der Waals surface area (Å²) in [6, 6.07) is 16.9. The smallest absolute Gasteiger partial charge is 0.193 e. The summed E-state index contributed by atoms with van der Waals surface area (Å²) in [5.74, 6) is 0.0359. The van der Waals surface area contributed by atoms with Gasteiger partial charge < -0.3 is 14.2 Å². The van der Waals surface area contributed by atoms with Crippen molar-refractivity contribution in [3.05, 3.63) is 82.9 Å².